The SMILES string of the molecule is CCC1(O)C[C@@H]2O[C@H](CO)C(O)[C@@H]2O1. The van der Waals surface area contributed by atoms with E-state index in [1.807, 2.05) is 6.92 Å². The molecule has 2 saturated heterocycles. The molecule has 2 aliphatic rings. The normalized spacial score (nSPS) is 52.3. The van der Waals surface area contributed by atoms with Crippen molar-refractivity contribution >= 4 is 0 Å². The molecule has 2 aliphatic heterocycles. The van der Waals surface area contributed by atoms with Crippen LogP contribution in [0.1, 0.15) is 19.8 Å². The van der Waals surface area contributed by atoms with Gasteiger partial charge in [-0.3, -0.25) is 0 Å². The second-order valence-electron chi connectivity index (χ2n) is 3.97. The average molecular weight is 204 g/mol. The minimum Gasteiger partial charge on any atom is -0.394 e. The first-order valence-electron chi connectivity index (χ1n) is 4.94. The fourth-order valence-corrected chi connectivity index (χ4v) is 2.12. The number of fused-ring (bicyclic) bond motifs is 1. The molecule has 0 aromatic heterocycles. The van der Waals surface area contributed by atoms with Gasteiger partial charge in [0.15, 0.2) is 5.79 Å². The number of hydrogen-bond donors (Lipinski definition) is 3. The maximum absolute atomic E-state index is 9.81. The van der Waals surface area contributed by atoms with E-state index in [0.29, 0.717) is 12.8 Å². The lowest BCUT2D eigenvalue weighted by Crippen LogP contribution is -2.37. The Morgan fingerprint density at radius 1 is 1.50 bits per heavy atom. The summed E-state index contributed by atoms with van der Waals surface area (Å²) in [7, 11) is 0. The number of rotatable bonds is 2. The van der Waals surface area contributed by atoms with Gasteiger partial charge in [-0.2, -0.15) is 0 Å². The first-order chi connectivity index (χ1) is 6.59. The molecule has 0 amide bonds. The Morgan fingerprint density at radius 2 is 2.21 bits per heavy atom. The van der Waals surface area contributed by atoms with Gasteiger partial charge in [-0.05, 0) is 6.42 Å². The van der Waals surface area contributed by atoms with E-state index in [9.17, 15) is 10.2 Å². The Bertz CT molecular complexity index is 221. The second-order valence-corrected chi connectivity index (χ2v) is 3.97. The van der Waals surface area contributed by atoms with Crippen molar-refractivity contribution in [1.29, 1.82) is 0 Å². The topological polar surface area (TPSA) is 79.2 Å². The molecule has 5 atom stereocenters. The van der Waals surface area contributed by atoms with Crippen LogP contribution >= 0.6 is 0 Å². The number of aliphatic hydroxyl groups excluding tert-OH is 2. The summed E-state index contributed by atoms with van der Waals surface area (Å²) < 4.78 is 10.7. The van der Waals surface area contributed by atoms with Crippen LogP contribution in [0.2, 0.25) is 0 Å². The zero-order valence-electron chi connectivity index (χ0n) is 8.09. The van der Waals surface area contributed by atoms with E-state index in [1.165, 1.54) is 0 Å². The Kier molecular flexibility index (Phi) is 2.53. The smallest absolute Gasteiger partial charge is 0.168 e. The molecule has 5 heteroatoms. The maximum atomic E-state index is 9.81. The van der Waals surface area contributed by atoms with Gasteiger partial charge in [0.05, 0.1) is 12.7 Å². The number of ether oxygens (including phenoxy) is 2. The van der Waals surface area contributed by atoms with Gasteiger partial charge in [-0.25, -0.2) is 0 Å². The van der Waals surface area contributed by atoms with E-state index in [1.54, 1.807) is 0 Å². The van der Waals surface area contributed by atoms with Crippen molar-refractivity contribution in [2.24, 2.45) is 0 Å². The van der Waals surface area contributed by atoms with Crippen molar-refractivity contribution in [2.45, 2.75) is 50.0 Å². The summed E-state index contributed by atoms with van der Waals surface area (Å²) in [5.41, 5.74) is 0. The Balaban J connectivity index is 2.05. The first-order valence-corrected chi connectivity index (χ1v) is 4.94. The van der Waals surface area contributed by atoms with Crippen LogP contribution in [0.4, 0.5) is 0 Å². The molecule has 0 aromatic carbocycles. The summed E-state index contributed by atoms with van der Waals surface area (Å²) in [6.07, 6.45) is -1.39. The lowest BCUT2D eigenvalue weighted by atomic mass is 10.1. The zero-order chi connectivity index (χ0) is 10.3. The van der Waals surface area contributed by atoms with Crippen molar-refractivity contribution < 1.29 is 24.8 Å². The molecule has 0 saturated carbocycles. The van der Waals surface area contributed by atoms with E-state index in [0.717, 1.165) is 0 Å². The van der Waals surface area contributed by atoms with E-state index in [4.69, 9.17) is 14.6 Å². The van der Waals surface area contributed by atoms with Crippen LogP contribution in [0.3, 0.4) is 0 Å². The van der Waals surface area contributed by atoms with Gasteiger partial charge < -0.3 is 24.8 Å². The summed E-state index contributed by atoms with van der Waals surface area (Å²) >= 11 is 0. The summed E-state index contributed by atoms with van der Waals surface area (Å²) in [6, 6.07) is 0. The minimum atomic E-state index is -1.17. The summed E-state index contributed by atoms with van der Waals surface area (Å²) in [5, 5.41) is 28.3. The van der Waals surface area contributed by atoms with Gasteiger partial charge in [0, 0.05) is 6.42 Å². The van der Waals surface area contributed by atoms with Crippen molar-refractivity contribution in [2.75, 3.05) is 6.61 Å². The first kappa shape index (κ1) is 10.3. The fraction of sp³-hybridized carbons (Fsp3) is 1.00. The van der Waals surface area contributed by atoms with Crippen molar-refractivity contribution in [3.05, 3.63) is 0 Å². The Hall–Kier alpha value is -0.200. The molecular weight excluding hydrogens is 188 g/mol. The van der Waals surface area contributed by atoms with E-state index < -0.39 is 24.1 Å². The monoisotopic (exact) mass is 204 g/mol. The van der Waals surface area contributed by atoms with Crippen LogP contribution in [0.25, 0.3) is 0 Å². The van der Waals surface area contributed by atoms with Crippen molar-refractivity contribution in [3.63, 3.8) is 0 Å². The third-order valence-corrected chi connectivity index (χ3v) is 3.04. The van der Waals surface area contributed by atoms with Crippen LogP contribution in [-0.2, 0) is 9.47 Å². The van der Waals surface area contributed by atoms with Gasteiger partial charge in [0.2, 0.25) is 0 Å². The fourth-order valence-electron chi connectivity index (χ4n) is 2.12. The standard InChI is InChI=1S/C9H16O5/c1-2-9(12)3-5-8(14-9)7(11)6(4-10)13-5/h5-8,10-12H,2-4H2,1H3/t5-,6+,7?,8+,9?/m0/s1. The number of hydrogen-bond acceptors (Lipinski definition) is 5. The maximum Gasteiger partial charge on any atom is 0.168 e. The van der Waals surface area contributed by atoms with E-state index in [2.05, 4.69) is 0 Å². The summed E-state index contributed by atoms with van der Waals surface area (Å²) in [6.45, 7) is 1.60. The third-order valence-electron chi connectivity index (χ3n) is 3.04. The van der Waals surface area contributed by atoms with Gasteiger partial charge >= 0.3 is 0 Å². The molecule has 0 bridgehead atoms. The highest BCUT2D eigenvalue weighted by molar-refractivity contribution is 4.99. The molecule has 2 unspecified atom stereocenters. The predicted molar refractivity (Wildman–Crippen MR) is 46.5 cm³/mol. The molecule has 2 heterocycles. The van der Waals surface area contributed by atoms with E-state index in [-0.39, 0.29) is 12.7 Å². The molecule has 0 aliphatic carbocycles. The molecule has 0 spiro atoms. The molecular formula is C9H16O5. The highest BCUT2D eigenvalue weighted by Crippen LogP contribution is 2.39. The summed E-state index contributed by atoms with van der Waals surface area (Å²) in [5.74, 6) is -1.17. The Labute approximate surface area is 82.3 Å². The molecule has 3 N–H and O–H groups in total. The number of aliphatic hydroxyl groups is 3. The summed E-state index contributed by atoms with van der Waals surface area (Å²) in [4.78, 5) is 0. The lowest BCUT2D eigenvalue weighted by Gasteiger charge is -2.24. The molecule has 0 aromatic rings. The van der Waals surface area contributed by atoms with E-state index >= 15 is 0 Å². The molecule has 5 nitrogen and oxygen atoms in total. The molecule has 2 rings (SSSR count). The zero-order valence-corrected chi connectivity index (χ0v) is 8.09. The quantitative estimate of drug-likeness (QED) is 0.537. The molecule has 14 heavy (non-hydrogen) atoms. The average Bonchev–Trinajstić information content (AvgIpc) is 2.64. The highest BCUT2D eigenvalue weighted by Gasteiger charge is 2.54. The minimum absolute atomic E-state index is 0.220. The lowest BCUT2D eigenvalue weighted by molar-refractivity contribution is -0.210. The van der Waals surface area contributed by atoms with Crippen LogP contribution in [0.15, 0.2) is 0 Å². The van der Waals surface area contributed by atoms with Crippen molar-refractivity contribution in [1.82, 2.24) is 0 Å². The van der Waals surface area contributed by atoms with Crippen LogP contribution in [0, 0.1) is 0 Å². The molecule has 0 radical (unpaired) electrons. The van der Waals surface area contributed by atoms with Crippen LogP contribution in [-0.4, -0.2) is 52.1 Å². The van der Waals surface area contributed by atoms with Gasteiger partial charge in [-0.15, -0.1) is 0 Å². The van der Waals surface area contributed by atoms with Crippen molar-refractivity contribution in [3.8, 4) is 0 Å². The molecule has 2 fully saturated rings. The highest BCUT2D eigenvalue weighted by atomic mass is 16.7. The largest absolute Gasteiger partial charge is 0.394 e. The molecule has 82 valence electrons. The van der Waals surface area contributed by atoms with Crippen LogP contribution in [0.5, 0.6) is 0 Å². The van der Waals surface area contributed by atoms with Gasteiger partial charge in [0.1, 0.15) is 18.3 Å². The third kappa shape index (κ3) is 1.45. The van der Waals surface area contributed by atoms with Gasteiger partial charge in [0.25, 0.3) is 0 Å². The Morgan fingerprint density at radius 3 is 2.71 bits per heavy atom. The second kappa shape index (κ2) is 3.43. The van der Waals surface area contributed by atoms with Gasteiger partial charge in [-0.1, -0.05) is 6.92 Å². The predicted octanol–water partition coefficient (Wildman–Crippen LogP) is -1.01. The van der Waals surface area contributed by atoms with Crippen LogP contribution < -0.4 is 0 Å².